The van der Waals surface area contributed by atoms with Gasteiger partial charge in [0.2, 0.25) is 5.95 Å². The van der Waals surface area contributed by atoms with Crippen molar-refractivity contribution in [2.24, 2.45) is 5.10 Å². The second-order valence-electron chi connectivity index (χ2n) is 4.23. The second-order valence-corrected chi connectivity index (χ2v) is 4.63. The fraction of sp³-hybridized carbons (Fsp3) is 0.214. The van der Waals surface area contributed by atoms with E-state index in [9.17, 15) is 4.79 Å². The maximum absolute atomic E-state index is 11.5. The Bertz CT molecular complexity index is 666. The minimum Gasteiger partial charge on any atom is -0.291 e. The van der Waals surface area contributed by atoms with E-state index in [4.69, 9.17) is 11.6 Å². The first-order valence-corrected chi connectivity index (χ1v) is 6.70. The predicted molar refractivity (Wildman–Crippen MR) is 81.5 cm³/mol. The number of nitrogens with one attached hydrogen (secondary N) is 2. The minimum atomic E-state index is -0.195. The van der Waals surface area contributed by atoms with E-state index in [0.29, 0.717) is 11.0 Å². The third-order valence-corrected chi connectivity index (χ3v) is 2.92. The standard InChI is InChI=1S/C14H15ClN4O/c1-2-5-11-8-13(20)18-14(17-11)19-16-9-10-6-3-4-7-12(10)15/h3-4,6-9H,2,5H2,1H3,(H2,17,18,19,20)/b16-9-. The van der Waals surface area contributed by atoms with E-state index < -0.39 is 0 Å². The lowest BCUT2D eigenvalue weighted by Crippen LogP contribution is -2.11. The zero-order chi connectivity index (χ0) is 14.4. The molecule has 1 aromatic heterocycles. The summed E-state index contributed by atoms with van der Waals surface area (Å²) >= 11 is 6.01. The van der Waals surface area contributed by atoms with E-state index in [1.807, 2.05) is 25.1 Å². The van der Waals surface area contributed by atoms with Gasteiger partial charge in [0.15, 0.2) is 0 Å². The molecule has 0 atom stereocenters. The predicted octanol–water partition coefficient (Wildman–Crippen LogP) is 2.82. The molecule has 0 aliphatic heterocycles. The smallest absolute Gasteiger partial charge is 0.252 e. The molecule has 0 saturated heterocycles. The minimum absolute atomic E-state index is 0.195. The van der Waals surface area contributed by atoms with Crippen LogP contribution in [-0.2, 0) is 6.42 Å². The molecule has 0 aliphatic carbocycles. The van der Waals surface area contributed by atoms with Crippen LogP contribution in [0.25, 0.3) is 0 Å². The number of nitrogens with zero attached hydrogens (tertiary/aromatic N) is 2. The number of rotatable bonds is 5. The Hall–Kier alpha value is -2.14. The Labute approximate surface area is 121 Å². The maximum atomic E-state index is 11.5. The molecule has 20 heavy (non-hydrogen) atoms. The number of aromatic nitrogens is 2. The molecule has 0 spiro atoms. The number of anilines is 1. The van der Waals surface area contributed by atoms with E-state index in [1.54, 1.807) is 12.3 Å². The third-order valence-electron chi connectivity index (χ3n) is 2.58. The Balaban J connectivity index is 2.11. The summed E-state index contributed by atoms with van der Waals surface area (Å²) < 4.78 is 0. The molecule has 0 aliphatic rings. The summed E-state index contributed by atoms with van der Waals surface area (Å²) in [6.07, 6.45) is 3.26. The van der Waals surface area contributed by atoms with Crippen molar-refractivity contribution in [2.45, 2.75) is 19.8 Å². The van der Waals surface area contributed by atoms with Crippen LogP contribution in [0.2, 0.25) is 5.02 Å². The van der Waals surface area contributed by atoms with Crippen molar-refractivity contribution >= 4 is 23.8 Å². The van der Waals surface area contributed by atoms with Gasteiger partial charge in [0.05, 0.1) is 6.21 Å². The summed E-state index contributed by atoms with van der Waals surface area (Å²) in [5, 5.41) is 4.63. The Morgan fingerprint density at radius 3 is 3.00 bits per heavy atom. The largest absolute Gasteiger partial charge is 0.291 e. The van der Waals surface area contributed by atoms with E-state index in [2.05, 4.69) is 20.5 Å². The lowest BCUT2D eigenvalue weighted by atomic mass is 10.2. The zero-order valence-corrected chi connectivity index (χ0v) is 11.8. The Morgan fingerprint density at radius 1 is 1.45 bits per heavy atom. The molecule has 2 N–H and O–H groups in total. The lowest BCUT2D eigenvalue weighted by molar-refractivity contribution is 0.867. The summed E-state index contributed by atoms with van der Waals surface area (Å²) in [5.74, 6) is 0.323. The van der Waals surface area contributed by atoms with Gasteiger partial charge in [0.1, 0.15) is 0 Å². The molecule has 104 valence electrons. The van der Waals surface area contributed by atoms with Gasteiger partial charge in [-0.1, -0.05) is 43.1 Å². The maximum Gasteiger partial charge on any atom is 0.252 e. The van der Waals surface area contributed by atoms with Crippen LogP contribution in [0.4, 0.5) is 5.95 Å². The Morgan fingerprint density at radius 2 is 2.25 bits per heavy atom. The summed E-state index contributed by atoms with van der Waals surface area (Å²) in [7, 11) is 0. The van der Waals surface area contributed by atoms with Gasteiger partial charge in [-0.25, -0.2) is 10.4 Å². The van der Waals surface area contributed by atoms with E-state index in [1.165, 1.54) is 6.07 Å². The average Bonchev–Trinajstić information content (AvgIpc) is 2.41. The SMILES string of the molecule is CCCc1cc(=O)[nH]c(N/N=C\c2ccccc2Cl)n1. The van der Waals surface area contributed by atoms with E-state index in [0.717, 1.165) is 24.1 Å². The fourth-order valence-corrected chi connectivity index (χ4v) is 1.87. The molecule has 5 nitrogen and oxygen atoms in total. The molecule has 0 radical (unpaired) electrons. The number of halogens is 1. The number of aromatic amines is 1. The van der Waals surface area contributed by atoms with E-state index in [-0.39, 0.29) is 5.56 Å². The van der Waals surface area contributed by atoms with Crippen molar-refractivity contribution < 1.29 is 0 Å². The van der Waals surface area contributed by atoms with E-state index >= 15 is 0 Å². The first-order chi connectivity index (χ1) is 9.69. The highest BCUT2D eigenvalue weighted by Gasteiger charge is 1.99. The highest BCUT2D eigenvalue weighted by molar-refractivity contribution is 6.33. The van der Waals surface area contributed by atoms with Gasteiger partial charge in [-0.2, -0.15) is 5.10 Å². The van der Waals surface area contributed by atoms with Crippen LogP contribution >= 0.6 is 11.6 Å². The molecule has 0 saturated carbocycles. The van der Waals surface area contributed by atoms with Crippen LogP contribution in [0.5, 0.6) is 0 Å². The average molecular weight is 291 g/mol. The number of aryl methyl sites for hydroxylation is 1. The summed E-state index contributed by atoms with van der Waals surface area (Å²) in [4.78, 5) is 18.3. The summed E-state index contributed by atoms with van der Waals surface area (Å²) in [5.41, 5.74) is 4.04. The molecule has 1 heterocycles. The van der Waals surface area contributed by atoms with Crippen LogP contribution in [0.3, 0.4) is 0 Å². The third kappa shape index (κ3) is 3.93. The quantitative estimate of drug-likeness (QED) is 0.657. The van der Waals surface area contributed by atoms with Gasteiger partial charge in [0.25, 0.3) is 5.56 Å². The summed E-state index contributed by atoms with van der Waals surface area (Å²) in [6.45, 7) is 2.03. The van der Waals surface area contributed by atoms with Crippen LogP contribution < -0.4 is 11.0 Å². The molecule has 0 unspecified atom stereocenters. The van der Waals surface area contributed by atoms with Gasteiger partial charge in [-0.05, 0) is 12.5 Å². The van der Waals surface area contributed by atoms with Gasteiger partial charge >= 0.3 is 0 Å². The number of H-pyrrole nitrogens is 1. The highest BCUT2D eigenvalue weighted by atomic mass is 35.5. The Kier molecular flexibility index (Phi) is 4.90. The van der Waals surface area contributed by atoms with Crippen LogP contribution in [-0.4, -0.2) is 16.2 Å². The number of hydrogen-bond donors (Lipinski definition) is 2. The summed E-state index contributed by atoms with van der Waals surface area (Å²) in [6, 6.07) is 8.84. The first-order valence-electron chi connectivity index (χ1n) is 6.33. The molecule has 0 bridgehead atoms. The van der Waals surface area contributed by atoms with Crippen molar-refractivity contribution in [3.8, 4) is 0 Å². The van der Waals surface area contributed by atoms with Gasteiger partial charge < -0.3 is 0 Å². The van der Waals surface area contributed by atoms with Crippen molar-refractivity contribution in [3.63, 3.8) is 0 Å². The van der Waals surface area contributed by atoms with Crippen molar-refractivity contribution in [3.05, 3.63) is 57.0 Å². The highest BCUT2D eigenvalue weighted by Crippen LogP contribution is 2.12. The fourth-order valence-electron chi connectivity index (χ4n) is 1.69. The normalized spacial score (nSPS) is 10.9. The van der Waals surface area contributed by atoms with Gasteiger partial charge in [-0.15, -0.1) is 0 Å². The van der Waals surface area contributed by atoms with Crippen molar-refractivity contribution in [1.82, 2.24) is 9.97 Å². The molecule has 2 aromatic rings. The van der Waals surface area contributed by atoms with Crippen molar-refractivity contribution in [1.29, 1.82) is 0 Å². The molecule has 1 aromatic carbocycles. The number of benzene rings is 1. The van der Waals surface area contributed by atoms with Crippen molar-refractivity contribution in [2.75, 3.05) is 5.43 Å². The van der Waals surface area contributed by atoms with Crippen LogP contribution in [0, 0.1) is 0 Å². The molecule has 2 rings (SSSR count). The van der Waals surface area contributed by atoms with Crippen LogP contribution in [0.15, 0.2) is 40.2 Å². The van der Waals surface area contributed by atoms with Crippen LogP contribution in [0.1, 0.15) is 24.6 Å². The number of hydrogen-bond acceptors (Lipinski definition) is 4. The zero-order valence-electron chi connectivity index (χ0n) is 11.1. The van der Waals surface area contributed by atoms with Gasteiger partial charge in [0, 0.05) is 22.3 Å². The topological polar surface area (TPSA) is 70.1 Å². The monoisotopic (exact) mass is 290 g/mol. The molecule has 0 fully saturated rings. The lowest BCUT2D eigenvalue weighted by Gasteiger charge is -2.02. The second kappa shape index (κ2) is 6.86. The molecule has 0 amide bonds. The molecular weight excluding hydrogens is 276 g/mol. The molecule has 6 heteroatoms. The molecular formula is C14H15ClN4O. The van der Waals surface area contributed by atoms with Gasteiger partial charge in [-0.3, -0.25) is 9.78 Å². The number of hydrazone groups is 1. The first kappa shape index (κ1) is 14.3.